The fourth-order valence-electron chi connectivity index (χ4n) is 2.59. The first kappa shape index (κ1) is 19.3. The number of hydrogen-bond donors (Lipinski definition) is 1. The van der Waals surface area contributed by atoms with E-state index in [0.29, 0.717) is 13.0 Å². The van der Waals surface area contributed by atoms with Gasteiger partial charge in [0.25, 0.3) is 0 Å². The van der Waals surface area contributed by atoms with Crippen LogP contribution in [0.1, 0.15) is 5.69 Å². The first-order chi connectivity index (χ1) is 10.3. The quantitative estimate of drug-likeness (QED) is 0.359. The Balaban J connectivity index is 0.00000192. The van der Waals surface area contributed by atoms with Gasteiger partial charge < -0.3 is 27.6 Å². The second-order valence-electron chi connectivity index (χ2n) is 5.37. The molecule has 2 atom stereocenters. The molecule has 23 heavy (non-hydrogen) atoms. The Morgan fingerprint density at radius 1 is 1.39 bits per heavy atom. The third kappa shape index (κ3) is 4.35. The molecule has 3 rings (SSSR count). The monoisotopic (exact) mass is 457 g/mol. The van der Waals surface area contributed by atoms with Crippen molar-refractivity contribution < 1.29 is 26.3 Å². The van der Waals surface area contributed by atoms with Gasteiger partial charge >= 0.3 is 0 Å². The normalized spacial score (nSPS) is 23.6. The molecule has 0 unspecified atom stereocenters. The minimum absolute atomic E-state index is 0. The summed E-state index contributed by atoms with van der Waals surface area (Å²) in [5, 5.41) is 0.0812. The number of thioether (sulfide) groups is 1. The maximum Gasteiger partial charge on any atom is 0.247 e. The van der Waals surface area contributed by atoms with Gasteiger partial charge in [-0.25, -0.2) is 0 Å². The maximum absolute atomic E-state index is 11.7. The lowest BCUT2D eigenvalue weighted by molar-refractivity contribution is -0.696. The van der Waals surface area contributed by atoms with Crippen molar-refractivity contribution in [3.63, 3.8) is 0 Å². The third-order valence-electron chi connectivity index (χ3n) is 3.67. The predicted molar refractivity (Wildman–Crippen MR) is 89.8 cm³/mol. The molecule has 4 nitrogen and oxygen atoms in total. The van der Waals surface area contributed by atoms with Crippen molar-refractivity contribution in [3.8, 4) is 0 Å². The molecule has 9 heteroatoms. The number of carbonyl (C=O) groups excluding carboxylic acids is 1. The van der Waals surface area contributed by atoms with E-state index < -0.39 is 3.79 Å². The molecule has 2 aliphatic rings. The lowest BCUT2D eigenvalue weighted by Crippen LogP contribution is -3.00. The van der Waals surface area contributed by atoms with E-state index in [-0.39, 0.29) is 34.3 Å². The summed E-state index contributed by atoms with van der Waals surface area (Å²) in [6, 6.07) is 5.42. The molecule has 0 bridgehead atoms. The number of nitrogens with zero attached hydrogens (tertiary/aromatic N) is 2. The van der Waals surface area contributed by atoms with Gasteiger partial charge in [0, 0.05) is 29.7 Å². The number of aromatic nitrogens is 1. The van der Waals surface area contributed by atoms with E-state index in [1.807, 2.05) is 35.2 Å². The highest BCUT2D eigenvalue weighted by Crippen LogP contribution is 2.35. The largest absolute Gasteiger partial charge is 1.00 e. The average molecular weight is 460 g/mol. The number of rotatable bonds is 3. The number of β-lactam (4-membered cyclic amide) rings is 1. The Hall–Kier alpha value is 0.0200. The Morgan fingerprint density at radius 3 is 2.83 bits per heavy atom. The second kappa shape index (κ2) is 7.50. The van der Waals surface area contributed by atoms with E-state index in [1.54, 1.807) is 16.7 Å². The molecule has 1 aromatic heterocycles. The van der Waals surface area contributed by atoms with Crippen LogP contribution in [0.4, 0.5) is 0 Å². The van der Waals surface area contributed by atoms with Crippen LogP contribution in [0.5, 0.6) is 0 Å². The summed E-state index contributed by atoms with van der Waals surface area (Å²) >= 11 is 19.4. The fourth-order valence-corrected chi connectivity index (χ4v) is 4.21. The Kier molecular flexibility index (Phi) is 6.31. The SMILES string of the molecule is N[C@@H]1C(=O)N2C=C(C[n+]3ccccc3CC(Cl)(Cl)Cl)CS[C@H]12.[Br-]. The average Bonchev–Trinajstić information content (AvgIpc) is 2.47. The van der Waals surface area contributed by atoms with Crippen molar-refractivity contribution in [2.75, 3.05) is 5.75 Å². The summed E-state index contributed by atoms with van der Waals surface area (Å²) in [6.07, 6.45) is 4.19. The molecule has 2 N–H and O–H groups in total. The number of halogens is 4. The van der Waals surface area contributed by atoms with Crippen LogP contribution in [0.15, 0.2) is 36.2 Å². The number of alkyl halides is 3. The van der Waals surface area contributed by atoms with E-state index in [4.69, 9.17) is 40.5 Å². The molecule has 3 heterocycles. The molecule has 2 aliphatic heterocycles. The molecular formula is C14H15BrCl3N3OS. The minimum Gasteiger partial charge on any atom is -1.00 e. The van der Waals surface area contributed by atoms with Gasteiger partial charge in [0.05, 0.1) is 6.42 Å². The highest BCUT2D eigenvalue weighted by atomic mass is 79.9. The molecule has 0 saturated carbocycles. The molecule has 0 aliphatic carbocycles. The van der Waals surface area contributed by atoms with Gasteiger partial charge in [-0.3, -0.25) is 4.79 Å². The summed E-state index contributed by atoms with van der Waals surface area (Å²) in [4.78, 5) is 13.4. The number of nitrogens with two attached hydrogens (primary N) is 1. The van der Waals surface area contributed by atoms with E-state index >= 15 is 0 Å². The molecule has 0 aromatic carbocycles. The van der Waals surface area contributed by atoms with Gasteiger partial charge in [0.1, 0.15) is 11.4 Å². The highest BCUT2D eigenvalue weighted by molar-refractivity contribution is 8.00. The summed E-state index contributed by atoms with van der Waals surface area (Å²) in [7, 11) is 0. The maximum atomic E-state index is 11.7. The van der Waals surface area contributed by atoms with Crippen molar-refractivity contribution in [3.05, 3.63) is 41.9 Å². The number of hydrogen-bond acceptors (Lipinski definition) is 3. The van der Waals surface area contributed by atoms with Crippen LogP contribution >= 0.6 is 46.6 Å². The van der Waals surface area contributed by atoms with Crippen LogP contribution in [0, 0.1) is 0 Å². The van der Waals surface area contributed by atoms with Gasteiger partial charge in [-0.1, -0.05) is 40.9 Å². The zero-order chi connectivity index (χ0) is 15.9. The van der Waals surface area contributed by atoms with Gasteiger partial charge in [0.2, 0.25) is 5.91 Å². The third-order valence-corrected chi connectivity index (χ3v) is 5.47. The standard InChI is InChI=1S/C14H15Cl3N3OS.BrH/c15-14(16,17)5-10-3-1-2-4-19(10)6-9-7-20-12(21)11(18)13(20)22-8-9;/h1-4,7,11,13H,5-6,8,18H2;1H/q+1;/p-1/t11-,13-;/m1./s1. The number of pyridine rings is 1. The van der Waals surface area contributed by atoms with E-state index in [0.717, 1.165) is 17.0 Å². The molecule has 1 saturated heterocycles. The zero-order valence-corrected chi connectivity index (χ0v) is 16.6. The van der Waals surface area contributed by atoms with Crippen molar-refractivity contribution in [2.24, 2.45) is 5.73 Å². The first-order valence-electron chi connectivity index (χ1n) is 6.78. The number of carbonyl (C=O) groups is 1. The Labute approximate surface area is 164 Å². The van der Waals surface area contributed by atoms with Crippen molar-refractivity contribution in [1.29, 1.82) is 0 Å². The molecule has 126 valence electrons. The van der Waals surface area contributed by atoms with Crippen LogP contribution in [0.3, 0.4) is 0 Å². The minimum atomic E-state index is -1.33. The van der Waals surface area contributed by atoms with Crippen molar-refractivity contribution >= 4 is 52.5 Å². The summed E-state index contributed by atoms with van der Waals surface area (Å²) in [5.41, 5.74) is 7.85. The van der Waals surface area contributed by atoms with E-state index in [9.17, 15) is 4.79 Å². The first-order valence-corrected chi connectivity index (χ1v) is 8.96. The second-order valence-corrected chi connectivity index (χ2v) is 8.99. The lowest BCUT2D eigenvalue weighted by atomic mass is 10.1. The van der Waals surface area contributed by atoms with Gasteiger partial charge in [-0.05, 0) is 0 Å². The molecule has 0 radical (unpaired) electrons. The molecule has 1 amide bonds. The van der Waals surface area contributed by atoms with Crippen LogP contribution in [0.25, 0.3) is 0 Å². The Morgan fingerprint density at radius 2 is 2.13 bits per heavy atom. The van der Waals surface area contributed by atoms with Gasteiger partial charge in [-0.15, -0.1) is 11.8 Å². The molecule has 1 aromatic rings. The molecular weight excluding hydrogens is 445 g/mol. The summed E-state index contributed by atoms with van der Waals surface area (Å²) in [6.45, 7) is 0.662. The van der Waals surface area contributed by atoms with Crippen LogP contribution in [-0.2, 0) is 17.8 Å². The molecule has 0 spiro atoms. The zero-order valence-electron chi connectivity index (χ0n) is 12.0. The Bertz CT molecular complexity index is 638. The predicted octanol–water partition coefficient (Wildman–Crippen LogP) is -0.983. The number of amides is 1. The van der Waals surface area contributed by atoms with Gasteiger partial charge in [0.15, 0.2) is 22.2 Å². The lowest BCUT2D eigenvalue weighted by Gasteiger charge is -2.45. The van der Waals surface area contributed by atoms with E-state index in [2.05, 4.69) is 0 Å². The number of fused-ring (bicyclic) bond motifs is 1. The molecule has 1 fully saturated rings. The van der Waals surface area contributed by atoms with Crippen LogP contribution in [0.2, 0.25) is 0 Å². The summed E-state index contributed by atoms with van der Waals surface area (Å²) in [5.74, 6) is 0.825. The topological polar surface area (TPSA) is 50.2 Å². The van der Waals surface area contributed by atoms with Crippen molar-refractivity contribution in [1.82, 2.24) is 4.90 Å². The van der Waals surface area contributed by atoms with Crippen molar-refractivity contribution in [2.45, 2.75) is 28.2 Å². The smallest absolute Gasteiger partial charge is 0.247 e. The van der Waals surface area contributed by atoms with Crippen LogP contribution in [-0.4, -0.2) is 31.8 Å². The highest BCUT2D eigenvalue weighted by Gasteiger charge is 2.46. The van der Waals surface area contributed by atoms with E-state index in [1.165, 1.54) is 0 Å². The fraction of sp³-hybridized carbons (Fsp3) is 0.429. The summed E-state index contributed by atoms with van der Waals surface area (Å²) < 4.78 is 0.711. The van der Waals surface area contributed by atoms with Gasteiger partial charge in [-0.2, -0.15) is 4.57 Å². The van der Waals surface area contributed by atoms with Crippen LogP contribution < -0.4 is 27.3 Å².